The molecule has 0 spiro atoms. The fourth-order valence-corrected chi connectivity index (χ4v) is 4.51. The molecule has 1 aliphatic heterocycles. The van der Waals surface area contributed by atoms with Crippen LogP contribution in [0.2, 0.25) is 0 Å². The Morgan fingerprint density at radius 2 is 1.84 bits per heavy atom. The summed E-state index contributed by atoms with van der Waals surface area (Å²) in [5.41, 5.74) is 4.15. The Balaban J connectivity index is 1.62. The Labute approximate surface area is 184 Å². The molecule has 3 heterocycles. The van der Waals surface area contributed by atoms with Crippen molar-refractivity contribution in [2.75, 3.05) is 13.1 Å². The first-order valence-corrected chi connectivity index (χ1v) is 11.0. The number of benzene rings is 1. The second kappa shape index (κ2) is 9.40. The van der Waals surface area contributed by atoms with E-state index in [1.165, 1.54) is 11.1 Å². The fourth-order valence-electron chi connectivity index (χ4n) is 4.51. The van der Waals surface area contributed by atoms with E-state index in [0.29, 0.717) is 6.42 Å². The van der Waals surface area contributed by atoms with Crippen LogP contribution in [0.25, 0.3) is 11.1 Å². The Kier molecular flexibility index (Phi) is 6.42. The van der Waals surface area contributed by atoms with Gasteiger partial charge in [0.25, 0.3) is 0 Å². The van der Waals surface area contributed by atoms with Crippen molar-refractivity contribution in [3.8, 4) is 11.1 Å². The van der Waals surface area contributed by atoms with Crippen molar-refractivity contribution in [1.29, 1.82) is 0 Å². The van der Waals surface area contributed by atoms with E-state index in [-0.39, 0.29) is 11.9 Å². The van der Waals surface area contributed by atoms with Crippen molar-refractivity contribution in [3.63, 3.8) is 0 Å². The normalized spacial score (nSPS) is 18.9. The second-order valence-corrected chi connectivity index (χ2v) is 8.81. The molecule has 0 unspecified atom stereocenters. The van der Waals surface area contributed by atoms with E-state index in [4.69, 9.17) is 0 Å². The van der Waals surface area contributed by atoms with E-state index in [1.54, 1.807) is 12.4 Å². The third kappa shape index (κ3) is 5.00. The molecule has 1 aliphatic rings. The molecule has 160 valence electrons. The van der Waals surface area contributed by atoms with E-state index in [1.807, 2.05) is 38.4 Å². The molecule has 0 bridgehead atoms. The largest absolute Gasteiger partial charge is 0.353 e. The molecule has 0 aliphatic carbocycles. The van der Waals surface area contributed by atoms with Gasteiger partial charge < -0.3 is 5.32 Å². The lowest BCUT2D eigenvalue weighted by Crippen LogP contribution is -2.46. The van der Waals surface area contributed by atoms with Crippen LogP contribution in [0.15, 0.2) is 73.3 Å². The maximum atomic E-state index is 13.5. The van der Waals surface area contributed by atoms with Crippen molar-refractivity contribution in [3.05, 3.63) is 84.4 Å². The summed E-state index contributed by atoms with van der Waals surface area (Å²) in [4.78, 5) is 24.4. The molecule has 5 heteroatoms. The summed E-state index contributed by atoms with van der Waals surface area (Å²) in [5, 5.41) is 3.20. The van der Waals surface area contributed by atoms with Crippen LogP contribution in [0, 0.1) is 5.41 Å². The van der Waals surface area contributed by atoms with Gasteiger partial charge in [-0.3, -0.25) is 19.7 Å². The number of carbonyl (C=O) groups is 1. The Morgan fingerprint density at radius 3 is 2.55 bits per heavy atom. The number of amides is 1. The summed E-state index contributed by atoms with van der Waals surface area (Å²) in [5.74, 6) is 0.150. The van der Waals surface area contributed by atoms with Gasteiger partial charge in [-0.1, -0.05) is 36.4 Å². The van der Waals surface area contributed by atoms with Crippen molar-refractivity contribution < 1.29 is 4.79 Å². The van der Waals surface area contributed by atoms with E-state index >= 15 is 0 Å². The van der Waals surface area contributed by atoms with Gasteiger partial charge in [0, 0.05) is 49.5 Å². The summed E-state index contributed by atoms with van der Waals surface area (Å²) < 4.78 is 0. The van der Waals surface area contributed by atoms with E-state index in [0.717, 1.165) is 37.2 Å². The van der Waals surface area contributed by atoms with Crippen molar-refractivity contribution in [2.45, 2.75) is 39.3 Å². The van der Waals surface area contributed by atoms with Crippen LogP contribution in [-0.2, 0) is 17.8 Å². The van der Waals surface area contributed by atoms with E-state index in [9.17, 15) is 4.79 Å². The maximum absolute atomic E-state index is 13.5. The topological polar surface area (TPSA) is 58.1 Å². The first-order chi connectivity index (χ1) is 15.1. The summed E-state index contributed by atoms with van der Waals surface area (Å²) in [6, 6.07) is 16.6. The monoisotopic (exact) mass is 414 g/mol. The van der Waals surface area contributed by atoms with Gasteiger partial charge in [-0.15, -0.1) is 0 Å². The quantitative estimate of drug-likeness (QED) is 0.632. The highest BCUT2D eigenvalue weighted by atomic mass is 16.2. The van der Waals surface area contributed by atoms with Gasteiger partial charge in [0.15, 0.2) is 0 Å². The molecule has 1 fully saturated rings. The van der Waals surface area contributed by atoms with Crippen LogP contribution in [0.4, 0.5) is 0 Å². The molecule has 0 radical (unpaired) electrons. The molecular weight excluding hydrogens is 384 g/mol. The first kappa shape index (κ1) is 21.2. The molecule has 1 N–H and O–H groups in total. The molecule has 1 atom stereocenters. The molecule has 1 saturated heterocycles. The molecule has 5 nitrogen and oxygen atoms in total. The van der Waals surface area contributed by atoms with Gasteiger partial charge in [-0.2, -0.15) is 0 Å². The minimum Gasteiger partial charge on any atom is -0.353 e. The molecule has 3 aromatic rings. The number of hydrogen-bond donors (Lipinski definition) is 1. The molecule has 31 heavy (non-hydrogen) atoms. The lowest BCUT2D eigenvalue weighted by atomic mass is 9.78. The average Bonchev–Trinajstić information content (AvgIpc) is 3.19. The highest BCUT2D eigenvalue weighted by molar-refractivity contribution is 5.84. The molecule has 1 aromatic carbocycles. The predicted molar refractivity (Wildman–Crippen MR) is 123 cm³/mol. The Bertz CT molecular complexity index is 1010. The maximum Gasteiger partial charge on any atom is 0.228 e. The predicted octanol–water partition coefficient (Wildman–Crippen LogP) is 4.10. The zero-order valence-corrected chi connectivity index (χ0v) is 18.3. The lowest BCUT2D eigenvalue weighted by Gasteiger charge is -2.30. The first-order valence-electron chi connectivity index (χ1n) is 11.0. The SMILES string of the molecule is CC(C)NC(=O)[C@@]1(Cc2ccccc2-c2cccnc2)CCN(Cc2cccnc2)C1. The van der Waals surface area contributed by atoms with Gasteiger partial charge in [0.2, 0.25) is 5.91 Å². The second-order valence-electron chi connectivity index (χ2n) is 8.81. The average molecular weight is 415 g/mol. The molecule has 1 amide bonds. The molecule has 4 rings (SSSR count). The standard InChI is InChI=1S/C26H30N4O/c1-20(2)29-25(31)26(11-14-30(19-26)18-21-7-5-12-27-16-21)15-22-8-3-4-10-24(22)23-9-6-13-28-17-23/h3-10,12-13,16-17,20H,11,14-15,18-19H2,1-2H3,(H,29,31)/t26-/m1/s1. The van der Waals surface area contributed by atoms with Crippen LogP contribution in [0.3, 0.4) is 0 Å². The zero-order chi connectivity index (χ0) is 21.7. The Morgan fingerprint density at radius 1 is 1.06 bits per heavy atom. The van der Waals surface area contributed by atoms with Crippen LogP contribution in [0.1, 0.15) is 31.4 Å². The molecule has 0 saturated carbocycles. The molecular formula is C26H30N4O. The number of carbonyl (C=O) groups excluding carboxylic acids is 1. The Hall–Kier alpha value is -3.05. The van der Waals surface area contributed by atoms with Crippen LogP contribution in [-0.4, -0.2) is 39.9 Å². The summed E-state index contributed by atoms with van der Waals surface area (Å²) >= 11 is 0. The summed E-state index contributed by atoms with van der Waals surface area (Å²) in [6.07, 6.45) is 8.93. The number of hydrogen-bond acceptors (Lipinski definition) is 4. The van der Waals surface area contributed by atoms with Gasteiger partial charge >= 0.3 is 0 Å². The number of rotatable bonds is 7. The van der Waals surface area contributed by atoms with Crippen LogP contribution >= 0.6 is 0 Å². The minimum absolute atomic E-state index is 0.116. The van der Waals surface area contributed by atoms with Gasteiger partial charge in [0.1, 0.15) is 0 Å². The lowest BCUT2D eigenvalue weighted by molar-refractivity contribution is -0.131. The van der Waals surface area contributed by atoms with E-state index in [2.05, 4.69) is 56.6 Å². The van der Waals surface area contributed by atoms with E-state index < -0.39 is 5.41 Å². The third-order valence-corrected chi connectivity index (χ3v) is 5.98. The number of aromatic nitrogens is 2. The summed E-state index contributed by atoms with van der Waals surface area (Å²) in [7, 11) is 0. The fraction of sp³-hybridized carbons (Fsp3) is 0.346. The highest BCUT2D eigenvalue weighted by Gasteiger charge is 2.45. The van der Waals surface area contributed by atoms with Gasteiger partial charge in [-0.05, 0) is 62.1 Å². The van der Waals surface area contributed by atoms with Crippen molar-refractivity contribution >= 4 is 5.91 Å². The number of nitrogens with one attached hydrogen (secondary N) is 1. The van der Waals surface area contributed by atoms with Crippen LogP contribution in [0.5, 0.6) is 0 Å². The van der Waals surface area contributed by atoms with Crippen molar-refractivity contribution in [2.24, 2.45) is 5.41 Å². The van der Waals surface area contributed by atoms with Crippen molar-refractivity contribution in [1.82, 2.24) is 20.2 Å². The smallest absolute Gasteiger partial charge is 0.228 e. The zero-order valence-electron chi connectivity index (χ0n) is 18.3. The number of nitrogens with zero attached hydrogens (tertiary/aromatic N) is 3. The van der Waals surface area contributed by atoms with Gasteiger partial charge in [0.05, 0.1) is 5.41 Å². The van der Waals surface area contributed by atoms with Crippen LogP contribution < -0.4 is 5.32 Å². The van der Waals surface area contributed by atoms with Gasteiger partial charge in [-0.25, -0.2) is 0 Å². The molecule has 2 aromatic heterocycles. The summed E-state index contributed by atoms with van der Waals surface area (Å²) in [6.45, 7) is 6.50. The minimum atomic E-state index is -0.454. The highest BCUT2D eigenvalue weighted by Crippen LogP contribution is 2.38. The number of pyridine rings is 2. The number of likely N-dealkylation sites (tertiary alicyclic amines) is 1. The third-order valence-electron chi connectivity index (χ3n) is 5.98.